The largest absolute Gasteiger partial charge is 0.492 e. The molecule has 10 heteroatoms. The quantitative estimate of drug-likeness (QED) is 0.265. The molecule has 0 unspecified atom stereocenters. The minimum Gasteiger partial charge on any atom is -0.492 e. The smallest absolute Gasteiger partial charge is 0.293 e. The van der Waals surface area contributed by atoms with Gasteiger partial charge in [-0.15, -0.1) is 0 Å². The lowest BCUT2D eigenvalue weighted by Gasteiger charge is -2.13. The second kappa shape index (κ2) is 11.1. The highest BCUT2D eigenvalue weighted by Gasteiger charge is 2.35. The number of hydrogen-bond acceptors (Lipinski definition) is 5. The average Bonchev–Trinajstić information content (AvgIpc) is 3.38. The summed E-state index contributed by atoms with van der Waals surface area (Å²) in [5.41, 5.74) is 1.99. The van der Waals surface area contributed by atoms with E-state index in [0.29, 0.717) is 26.9 Å². The van der Waals surface area contributed by atoms with E-state index in [2.05, 4.69) is 5.32 Å². The van der Waals surface area contributed by atoms with E-state index in [1.807, 2.05) is 24.3 Å². The number of benzene rings is 3. The number of para-hydroxylation sites is 1. The molecule has 3 amide bonds. The summed E-state index contributed by atoms with van der Waals surface area (Å²) in [6.45, 7) is 0.265. The molecule has 1 saturated heterocycles. The minimum atomic E-state index is -0.398. The van der Waals surface area contributed by atoms with E-state index in [1.165, 1.54) is 24.3 Å². The first kappa shape index (κ1) is 25.6. The molecular formula is C28H21ClFN3O4S. The van der Waals surface area contributed by atoms with Gasteiger partial charge in [0.15, 0.2) is 0 Å². The number of nitrogens with zero attached hydrogens (tertiary/aromatic N) is 2. The summed E-state index contributed by atoms with van der Waals surface area (Å²) in [4.78, 5) is 39.7. The van der Waals surface area contributed by atoms with E-state index in [1.54, 1.807) is 41.1 Å². The molecule has 1 fully saturated rings. The summed E-state index contributed by atoms with van der Waals surface area (Å²) >= 11 is 6.74. The first-order valence-electron chi connectivity index (χ1n) is 11.6. The third-order valence-electron chi connectivity index (χ3n) is 5.82. The molecule has 38 heavy (non-hydrogen) atoms. The molecule has 2 heterocycles. The number of thioether (sulfide) groups is 1. The highest BCUT2D eigenvalue weighted by molar-refractivity contribution is 8.18. The Morgan fingerprint density at radius 2 is 1.76 bits per heavy atom. The molecule has 0 atom stereocenters. The molecule has 0 bridgehead atoms. The van der Waals surface area contributed by atoms with Crippen LogP contribution in [0.3, 0.4) is 0 Å². The van der Waals surface area contributed by atoms with Crippen molar-refractivity contribution in [2.45, 2.75) is 6.54 Å². The van der Waals surface area contributed by atoms with Crippen LogP contribution in [-0.2, 0) is 16.1 Å². The van der Waals surface area contributed by atoms with Crippen LogP contribution in [0.25, 0.3) is 17.0 Å². The van der Waals surface area contributed by atoms with Crippen molar-refractivity contribution in [1.29, 1.82) is 0 Å². The number of aromatic nitrogens is 1. The van der Waals surface area contributed by atoms with E-state index in [9.17, 15) is 18.8 Å². The number of nitrogens with one attached hydrogen (secondary N) is 1. The van der Waals surface area contributed by atoms with Gasteiger partial charge in [0.05, 0.1) is 11.4 Å². The molecule has 0 spiro atoms. The molecule has 1 aliphatic rings. The molecule has 3 aromatic carbocycles. The zero-order valence-electron chi connectivity index (χ0n) is 19.9. The van der Waals surface area contributed by atoms with Gasteiger partial charge in [0.1, 0.15) is 24.7 Å². The molecule has 4 aromatic rings. The second-order valence-corrected chi connectivity index (χ2v) is 9.85. The molecule has 192 valence electrons. The van der Waals surface area contributed by atoms with Gasteiger partial charge in [-0.25, -0.2) is 4.39 Å². The van der Waals surface area contributed by atoms with Gasteiger partial charge in [-0.2, -0.15) is 0 Å². The summed E-state index contributed by atoms with van der Waals surface area (Å²) in [7, 11) is 0. The van der Waals surface area contributed by atoms with Gasteiger partial charge in [0.25, 0.3) is 11.1 Å². The summed E-state index contributed by atoms with van der Waals surface area (Å²) in [6.07, 6.45) is 3.44. The number of anilines is 1. The van der Waals surface area contributed by atoms with Crippen LogP contribution >= 0.6 is 23.4 Å². The summed E-state index contributed by atoms with van der Waals surface area (Å²) in [5.74, 6) is -0.480. The standard InChI is InChI=1S/C28H21ClFN3O4S/c29-19-5-11-22(12-6-19)37-14-13-33-27(35)25(38-28(33)36)15-18-16-32(24-4-2-1-3-23(18)24)17-26(34)31-21-9-7-20(30)8-10-21/h1-12,15-16H,13-14,17H2,(H,31,34)/b25-15-. The molecule has 0 saturated carbocycles. The number of hydrogen-bond donors (Lipinski definition) is 1. The van der Waals surface area contributed by atoms with Gasteiger partial charge in [0.2, 0.25) is 5.91 Å². The van der Waals surface area contributed by atoms with E-state index in [4.69, 9.17) is 16.3 Å². The predicted molar refractivity (Wildman–Crippen MR) is 147 cm³/mol. The van der Waals surface area contributed by atoms with E-state index < -0.39 is 5.91 Å². The summed E-state index contributed by atoms with van der Waals surface area (Å²) < 4.78 is 20.5. The first-order chi connectivity index (χ1) is 18.4. The lowest BCUT2D eigenvalue weighted by Crippen LogP contribution is -2.32. The topological polar surface area (TPSA) is 80.6 Å². The number of halogens is 2. The Hall–Kier alpha value is -4.08. The zero-order chi connectivity index (χ0) is 26.6. The fraction of sp³-hybridized carbons (Fsp3) is 0.107. The molecule has 0 aliphatic carbocycles. The number of fused-ring (bicyclic) bond motifs is 1. The van der Waals surface area contributed by atoms with Gasteiger partial charge in [0, 0.05) is 33.4 Å². The fourth-order valence-electron chi connectivity index (χ4n) is 4.03. The van der Waals surface area contributed by atoms with Crippen LogP contribution in [0.1, 0.15) is 5.56 Å². The van der Waals surface area contributed by atoms with Crippen molar-refractivity contribution in [3.8, 4) is 5.75 Å². The normalized spacial score (nSPS) is 14.5. The van der Waals surface area contributed by atoms with Crippen LogP contribution in [0.4, 0.5) is 14.9 Å². The predicted octanol–water partition coefficient (Wildman–Crippen LogP) is 6.19. The fourth-order valence-corrected chi connectivity index (χ4v) is 5.01. The highest BCUT2D eigenvalue weighted by Crippen LogP contribution is 2.34. The van der Waals surface area contributed by atoms with Crippen LogP contribution in [0.15, 0.2) is 83.9 Å². The Bertz CT molecular complexity index is 1550. The van der Waals surface area contributed by atoms with Crippen LogP contribution < -0.4 is 10.1 Å². The molecule has 1 aromatic heterocycles. The number of carbonyl (C=O) groups is 3. The van der Waals surface area contributed by atoms with Crippen LogP contribution in [0.5, 0.6) is 5.75 Å². The minimum absolute atomic E-state index is 0.00917. The number of ether oxygens (including phenoxy) is 1. The molecule has 1 aliphatic heterocycles. The third kappa shape index (κ3) is 5.74. The van der Waals surface area contributed by atoms with Crippen molar-refractivity contribution in [3.63, 3.8) is 0 Å². The third-order valence-corrected chi connectivity index (χ3v) is 6.98. The van der Waals surface area contributed by atoms with Crippen molar-refractivity contribution in [2.75, 3.05) is 18.5 Å². The lowest BCUT2D eigenvalue weighted by atomic mass is 10.1. The first-order valence-corrected chi connectivity index (χ1v) is 12.8. The van der Waals surface area contributed by atoms with E-state index >= 15 is 0 Å². The Labute approximate surface area is 226 Å². The maximum atomic E-state index is 13.2. The summed E-state index contributed by atoms with van der Waals surface area (Å²) in [6, 6.07) is 19.8. The Kier molecular flexibility index (Phi) is 7.48. The van der Waals surface area contributed by atoms with Crippen molar-refractivity contribution < 1.29 is 23.5 Å². The lowest BCUT2D eigenvalue weighted by molar-refractivity contribution is -0.123. The van der Waals surface area contributed by atoms with Gasteiger partial charge >= 0.3 is 0 Å². The number of carbonyl (C=O) groups excluding carboxylic acids is 3. The monoisotopic (exact) mass is 549 g/mol. The molecular weight excluding hydrogens is 529 g/mol. The second-order valence-electron chi connectivity index (χ2n) is 8.42. The Morgan fingerprint density at radius 3 is 2.53 bits per heavy atom. The van der Waals surface area contributed by atoms with Gasteiger partial charge in [-0.3, -0.25) is 19.3 Å². The Balaban J connectivity index is 1.30. The summed E-state index contributed by atoms with van der Waals surface area (Å²) in [5, 5.41) is 3.80. The van der Waals surface area contributed by atoms with Crippen LogP contribution in [0.2, 0.25) is 5.02 Å². The molecule has 5 rings (SSSR count). The highest BCUT2D eigenvalue weighted by atomic mass is 35.5. The average molecular weight is 550 g/mol. The zero-order valence-corrected chi connectivity index (χ0v) is 21.5. The number of rotatable bonds is 8. The van der Waals surface area contributed by atoms with Crippen molar-refractivity contribution in [2.24, 2.45) is 0 Å². The van der Waals surface area contributed by atoms with Gasteiger partial charge in [-0.05, 0) is 72.4 Å². The van der Waals surface area contributed by atoms with Crippen molar-refractivity contribution >= 4 is 63.1 Å². The van der Waals surface area contributed by atoms with Gasteiger partial charge < -0.3 is 14.6 Å². The van der Waals surface area contributed by atoms with E-state index in [-0.39, 0.29) is 36.7 Å². The molecule has 1 N–H and O–H groups in total. The number of imide groups is 1. The Morgan fingerprint density at radius 1 is 1.03 bits per heavy atom. The van der Waals surface area contributed by atoms with Crippen LogP contribution in [-0.4, -0.2) is 39.7 Å². The maximum absolute atomic E-state index is 13.2. The molecule has 7 nitrogen and oxygen atoms in total. The number of amides is 3. The van der Waals surface area contributed by atoms with Crippen LogP contribution in [0, 0.1) is 5.82 Å². The molecule has 0 radical (unpaired) electrons. The maximum Gasteiger partial charge on any atom is 0.293 e. The van der Waals surface area contributed by atoms with E-state index in [0.717, 1.165) is 27.6 Å². The van der Waals surface area contributed by atoms with Gasteiger partial charge in [-0.1, -0.05) is 29.8 Å². The van der Waals surface area contributed by atoms with Crippen molar-refractivity contribution in [1.82, 2.24) is 9.47 Å². The van der Waals surface area contributed by atoms with Crippen molar-refractivity contribution in [3.05, 3.63) is 100 Å². The SMILES string of the molecule is O=C(Cn1cc(/C=C2\SC(=O)N(CCOc3ccc(Cl)cc3)C2=O)c2ccccc21)Nc1ccc(F)cc1.